The zero-order valence-electron chi connectivity index (χ0n) is 19.6. The van der Waals surface area contributed by atoms with E-state index in [-0.39, 0.29) is 35.1 Å². The maximum absolute atomic E-state index is 13.5. The van der Waals surface area contributed by atoms with Crippen molar-refractivity contribution in [3.05, 3.63) is 65.0 Å². The molecule has 2 aromatic carbocycles. The summed E-state index contributed by atoms with van der Waals surface area (Å²) < 4.78 is 26.2. The number of carbonyl (C=O) groups is 2. The van der Waals surface area contributed by atoms with Crippen LogP contribution in [0.25, 0.3) is 0 Å². The molecule has 1 N–H and O–H groups in total. The largest absolute Gasteiger partial charge is 0.343 e. The molecule has 0 radical (unpaired) electrons. The molecular weight excluding hydrogens is 436 g/mol. The van der Waals surface area contributed by atoms with E-state index in [9.17, 15) is 18.4 Å². The van der Waals surface area contributed by atoms with E-state index >= 15 is 0 Å². The normalized spacial score (nSPS) is 25.2. The molecular formula is C27H31F2N3O2. The molecule has 0 aromatic heterocycles. The van der Waals surface area contributed by atoms with Crippen LogP contribution in [0.15, 0.2) is 42.5 Å². The van der Waals surface area contributed by atoms with Crippen LogP contribution in [0.3, 0.4) is 0 Å². The van der Waals surface area contributed by atoms with E-state index in [2.05, 4.69) is 17.4 Å². The maximum atomic E-state index is 13.5. The number of anilines is 1. The number of halogens is 2. The first-order valence-electron chi connectivity index (χ1n) is 12.1. The zero-order chi connectivity index (χ0) is 23.9. The Morgan fingerprint density at radius 3 is 2.26 bits per heavy atom. The van der Waals surface area contributed by atoms with Gasteiger partial charge in [-0.1, -0.05) is 18.2 Å². The van der Waals surface area contributed by atoms with Gasteiger partial charge in [0.1, 0.15) is 12.5 Å². The van der Waals surface area contributed by atoms with E-state index in [1.165, 1.54) is 17.7 Å². The zero-order valence-corrected chi connectivity index (χ0v) is 19.6. The van der Waals surface area contributed by atoms with E-state index in [0.29, 0.717) is 13.1 Å². The van der Waals surface area contributed by atoms with Gasteiger partial charge in [0.25, 0.3) is 0 Å². The van der Waals surface area contributed by atoms with Crippen LogP contribution in [0.1, 0.15) is 55.2 Å². The maximum Gasteiger partial charge on any atom is 0.322 e. The van der Waals surface area contributed by atoms with Gasteiger partial charge in [-0.2, -0.15) is 0 Å². The number of amides is 3. The lowest BCUT2D eigenvalue weighted by molar-refractivity contribution is -0.148. The van der Waals surface area contributed by atoms with Crippen LogP contribution in [0.2, 0.25) is 0 Å². The number of fused-ring (bicyclic) bond motifs is 4. The number of nitrogens with one attached hydrogen (secondary N) is 1. The third kappa shape index (κ3) is 3.95. The number of urea groups is 1. The first-order valence-corrected chi connectivity index (χ1v) is 12.1. The van der Waals surface area contributed by atoms with Crippen molar-refractivity contribution >= 4 is 17.6 Å². The monoisotopic (exact) mass is 467 g/mol. The Balaban J connectivity index is 1.21. The van der Waals surface area contributed by atoms with E-state index in [1.54, 1.807) is 22.9 Å². The van der Waals surface area contributed by atoms with Gasteiger partial charge in [-0.05, 0) is 84.9 Å². The highest BCUT2D eigenvalue weighted by Crippen LogP contribution is 2.58. The van der Waals surface area contributed by atoms with Crippen molar-refractivity contribution in [2.45, 2.75) is 57.0 Å². The first-order chi connectivity index (χ1) is 16.3. The molecule has 3 saturated carbocycles. The molecule has 0 unspecified atom stereocenters. The van der Waals surface area contributed by atoms with Gasteiger partial charge in [-0.25, -0.2) is 13.6 Å². The summed E-state index contributed by atoms with van der Waals surface area (Å²) in [4.78, 5) is 28.9. The average molecular weight is 468 g/mol. The van der Waals surface area contributed by atoms with Crippen LogP contribution in [-0.2, 0) is 23.3 Å². The molecule has 0 atom stereocenters. The fourth-order valence-corrected chi connectivity index (χ4v) is 6.19. The van der Waals surface area contributed by atoms with Crippen molar-refractivity contribution in [3.63, 3.8) is 0 Å². The van der Waals surface area contributed by atoms with Crippen molar-refractivity contribution in [3.8, 4) is 0 Å². The second-order valence-electron chi connectivity index (χ2n) is 10.3. The predicted molar refractivity (Wildman–Crippen MR) is 127 cm³/mol. The smallest absolute Gasteiger partial charge is 0.322 e. The molecule has 34 heavy (non-hydrogen) atoms. The van der Waals surface area contributed by atoms with Gasteiger partial charge >= 0.3 is 6.03 Å². The van der Waals surface area contributed by atoms with Gasteiger partial charge in [-0.15, -0.1) is 0 Å². The highest BCUT2D eigenvalue weighted by molar-refractivity contribution is 5.89. The molecule has 3 fully saturated rings. The van der Waals surface area contributed by atoms with E-state index < -0.39 is 6.67 Å². The summed E-state index contributed by atoms with van der Waals surface area (Å²) in [7, 11) is 1.71. The van der Waals surface area contributed by atoms with Crippen LogP contribution in [0, 0.1) is 11.2 Å². The lowest BCUT2D eigenvalue weighted by atomic mass is 9.51. The van der Waals surface area contributed by atoms with Crippen LogP contribution in [0.5, 0.6) is 0 Å². The molecule has 1 heterocycles. The van der Waals surface area contributed by atoms with Crippen LogP contribution in [0.4, 0.5) is 19.3 Å². The van der Waals surface area contributed by atoms with Gasteiger partial charge in [0.15, 0.2) is 0 Å². The standard InChI is InChI=1S/C27H31F2N3O2/c1-31(15-14-28)24(33)27-11-8-26(9-12-27,10-13-27)21-3-6-23(7-4-21)30-25(34)32-17-19-2-5-22(29)16-20(19)18-32/h2-7,16H,8-15,17-18H2,1H3,(H,30,34). The van der Waals surface area contributed by atoms with Crippen LogP contribution >= 0.6 is 0 Å². The molecule has 5 nitrogen and oxygen atoms in total. The topological polar surface area (TPSA) is 52.7 Å². The van der Waals surface area contributed by atoms with Crippen molar-refractivity contribution in [1.29, 1.82) is 0 Å². The third-order valence-electron chi connectivity index (χ3n) is 8.39. The molecule has 3 amide bonds. The fraction of sp³-hybridized carbons (Fsp3) is 0.481. The lowest BCUT2D eigenvalue weighted by Crippen LogP contribution is -2.52. The Labute approximate surface area is 199 Å². The summed E-state index contributed by atoms with van der Waals surface area (Å²) in [6, 6.07) is 12.5. The van der Waals surface area contributed by atoms with Crippen molar-refractivity contribution in [2.75, 3.05) is 25.6 Å². The summed E-state index contributed by atoms with van der Waals surface area (Å²) in [5.74, 6) is -0.182. The Morgan fingerprint density at radius 2 is 1.62 bits per heavy atom. The summed E-state index contributed by atoms with van der Waals surface area (Å²) in [6.45, 7) is 0.540. The molecule has 1 aliphatic heterocycles. The van der Waals surface area contributed by atoms with E-state index in [0.717, 1.165) is 55.3 Å². The second-order valence-corrected chi connectivity index (χ2v) is 10.3. The summed E-state index contributed by atoms with van der Waals surface area (Å²) in [5.41, 5.74) is 3.57. The van der Waals surface area contributed by atoms with E-state index in [4.69, 9.17) is 0 Å². The number of hydrogen-bond acceptors (Lipinski definition) is 2. The predicted octanol–water partition coefficient (Wildman–Crippen LogP) is 5.39. The number of nitrogens with zero attached hydrogens (tertiary/aromatic N) is 2. The summed E-state index contributed by atoms with van der Waals surface area (Å²) in [6.07, 6.45) is 5.40. The molecule has 0 saturated heterocycles. The molecule has 4 aliphatic rings. The summed E-state index contributed by atoms with van der Waals surface area (Å²) >= 11 is 0. The van der Waals surface area contributed by atoms with Gasteiger partial charge < -0.3 is 15.1 Å². The molecule has 0 spiro atoms. The molecule has 180 valence electrons. The van der Waals surface area contributed by atoms with E-state index in [1.807, 2.05) is 12.1 Å². The highest BCUT2D eigenvalue weighted by Gasteiger charge is 2.53. The van der Waals surface area contributed by atoms with Crippen molar-refractivity contribution < 1.29 is 18.4 Å². The number of alkyl halides is 1. The van der Waals surface area contributed by atoms with Crippen molar-refractivity contribution in [1.82, 2.24) is 9.80 Å². The van der Waals surface area contributed by atoms with Crippen LogP contribution in [-0.4, -0.2) is 42.0 Å². The van der Waals surface area contributed by atoms with Crippen LogP contribution < -0.4 is 5.32 Å². The van der Waals surface area contributed by atoms with Gasteiger partial charge in [0, 0.05) is 37.8 Å². The Hall–Kier alpha value is -2.96. The molecule has 2 aromatic rings. The minimum Gasteiger partial charge on any atom is -0.343 e. The molecule has 2 bridgehead atoms. The van der Waals surface area contributed by atoms with Gasteiger partial charge in [-0.3, -0.25) is 4.79 Å². The third-order valence-corrected chi connectivity index (χ3v) is 8.39. The number of carbonyl (C=O) groups excluding carboxylic acids is 2. The number of rotatable bonds is 5. The first kappa shape index (κ1) is 22.8. The Kier molecular flexibility index (Phi) is 5.82. The van der Waals surface area contributed by atoms with Gasteiger partial charge in [0.05, 0.1) is 0 Å². The highest BCUT2D eigenvalue weighted by atomic mass is 19.1. The quantitative estimate of drug-likeness (QED) is 0.641. The minimum absolute atomic E-state index is 0.0733. The molecule has 6 rings (SSSR count). The lowest BCUT2D eigenvalue weighted by Gasteiger charge is -2.53. The van der Waals surface area contributed by atoms with Gasteiger partial charge in [0.2, 0.25) is 5.91 Å². The number of hydrogen-bond donors (Lipinski definition) is 1. The Morgan fingerprint density at radius 1 is 0.971 bits per heavy atom. The molecule has 3 aliphatic carbocycles. The Bertz CT molecular complexity index is 1080. The second kappa shape index (κ2) is 8.67. The molecule has 7 heteroatoms. The SMILES string of the molecule is CN(CCF)C(=O)C12CCC(c3ccc(NC(=O)N4Cc5ccc(F)cc5C4)cc3)(CC1)CC2. The number of benzene rings is 2. The van der Waals surface area contributed by atoms with Crippen molar-refractivity contribution in [2.24, 2.45) is 5.41 Å². The average Bonchev–Trinajstić information content (AvgIpc) is 3.29. The fourth-order valence-electron chi connectivity index (χ4n) is 6.19. The summed E-state index contributed by atoms with van der Waals surface area (Å²) in [5, 5.41) is 2.96. The minimum atomic E-state index is -0.506.